The van der Waals surface area contributed by atoms with Crippen LogP contribution in [0.5, 0.6) is 0 Å². The molecule has 1 aliphatic rings. The first-order valence-corrected chi connectivity index (χ1v) is 3.97. The SMILES string of the molecule is CC1=CC=C[CH]1.C[C]([O-])=[Mn].[C-]#[O+].[C-]#[O+].[Li+]. The van der Waals surface area contributed by atoms with Crippen molar-refractivity contribution in [1.29, 1.82) is 0 Å². The molecule has 0 aromatic heterocycles. The van der Waals surface area contributed by atoms with E-state index in [0.29, 0.717) is 0 Å². The molecule has 0 aliphatic heterocycles. The fraction of sp³-hybridized carbons (Fsp3) is 0.200. The summed E-state index contributed by atoms with van der Waals surface area (Å²) >= 11 is 2.63. The second kappa shape index (κ2) is 23.6. The van der Waals surface area contributed by atoms with Gasteiger partial charge in [-0.25, -0.2) is 0 Å². The van der Waals surface area contributed by atoms with E-state index >= 15 is 0 Å². The van der Waals surface area contributed by atoms with Crippen LogP contribution in [0.15, 0.2) is 23.8 Å². The second-order valence-corrected chi connectivity index (χ2v) is 2.76. The topological polar surface area (TPSA) is 62.9 Å². The van der Waals surface area contributed by atoms with Crippen LogP contribution in [-0.4, -0.2) is 4.60 Å². The van der Waals surface area contributed by atoms with Crippen LogP contribution < -0.4 is 24.0 Å². The summed E-state index contributed by atoms with van der Waals surface area (Å²) in [7, 11) is 0. The van der Waals surface area contributed by atoms with Crippen molar-refractivity contribution in [3.63, 3.8) is 0 Å². The molecule has 0 saturated carbocycles. The van der Waals surface area contributed by atoms with Gasteiger partial charge in [0.05, 0.1) is 0 Å². The molecule has 0 fully saturated rings. The number of hydrogen-bond acceptors (Lipinski definition) is 1. The van der Waals surface area contributed by atoms with Crippen LogP contribution in [0.25, 0.3) is 0 Å². The molecule has 0 aromatic rings. The maximum Gasteiger partial charge on any atom is 1.00 e. The number of allylic oxidation sites excluding steroid dienone is 4. The van der Waals surface area contributed by atoms with Gasteiger partial charge in [0, 0.05) is 6.42 Å². The summed E-state index contributed by atoms with van der Waals surface area (Å²) in [5.74, 6) is 0. The molecule has 0 amide bonds. The van der Waals surface area contributed by atoms with Gasteiger partial charge >= 0.3 is 73.7 Å². The van der Waals surface area contributed by atoms with Gasteiger partial charge in [0.25, 0.3) is 0 Å². The summed E-state index contributed by atoms with van der Waals surface area (Å²) in [6.07, 6.45) is 8.24. The first kappa shape index (κ1) is 24.2. The third-order valence-corrected chi connectivity index (χ3v) is 0.829. The Labute approximate surface area is 111 Å². The van der Waals surface area contributed by atoms with Gasteiger partial charge in [-0.05, 0) is 6.92 Å². The van der Waals surface area contributed by atoms with E-state index in [4.69, 9.17) is 9.30 Å². The molecule has 1 rings (SSSR count). The Morgan fingerprint density at radius 2 is 1.60 bits per heavy atom. The minimum absolute atomic E-state index is 0. The molecule has 15 heavy (non-hydrogen) atoms. The zero-order chi connectivity index (χ0) is 12.0. The average molecular weight is 240 g/mol. The molecule has 0 spiro atoms. The van der Waals surface area contributed by atoms with Crippen molar-refractivity contribution in [2.45, 2.75) is 13.8 Å². The van der Waals surface area contributed by atoms with E-state index in [-0.39, 0.29) is 23.5 Å². The van der Waals surface area contributed by atoms with Gasteiger partial charge in [0.1, 0.15) is 0 Å². The molecular weight excluding hydrogens is 230 g/mol. The summed E-state index contributed by atoms with van der Waals surface area (Å²) in [6, 6.07) is 0. The van der Waals surface area contributed by atoms with E-state index < -0.39 is 0 Å². The van der Waals surface area contributed by atoms with Crippen molar-refractivity contribution in [3.05, 3.63) is 43.5 Å². The zero-order valence-electron chi connectivity index (χ0n) is 8.91. The Balaban J connectivity index is -0.0000000601. The molecule has 0 atom stereocenters. The fourth-order valence-electron chi connectivity index (χ4n) is 0.470. The van der Waals surface area contributed by atoms with E-state index in [0.717, 1.165) is 0 Å². The molecule has 0 heterocycles. The van der Waals surface area contributed by atoms with Crippen molar-refractivity contribution in [3.8, 4) is 0 Å². The Morgan fingerprint density at radius 3 is 1.67 bits per heavy atom. The van der Waals surface area contributed by atoms with E-state index in [1.165, 1.54) is 12.5 Å². The molecule has 1 aliphatic carbocycles. The second-order valence-electron chi connectivity index (χ2n) is 1.93. The quantitative estimate of drug-likeness (QED) is 0.266. The molecule has 0 saturated heterocycles. The molecule has 1 radical (unpaired) electrons. The summed E-state index contributed by atoms with van der Waals surface area (Å²) < 4.78 is 15.0. The van der Waals surface area contributed by atoms with Gasteiger partial charge in [0.15, 0.2) is 0 Å². The normalized spacial score (nSPS) is 9.40. The molecule has 0 N–H and O–H groups in total. The van der Waals surface area contributed by atoms with Crippen LogP contribution in [0.1, 0.15) is 13.8 Å². The van der Waals surface area contributed by atoms with Crippen LogP contribution in [-0.2, 0) is 24.9 Å². The molecule has 3 nitrogen and oxygen atoms in total. The Morgan fingerprint density at radius 1 is 1.27 bits per heavy atom. The predicted molar refractivity (Wildman–Crippen MR) is 45.7 cm³/mol. The summed E-state index contributed by atoms with van der Waals surface area (Å²) in [5, 5.41) is 9.36. The molecule has 0 unspecified atom stereocenters. The van der Waals surface area contributed by atoms with Crippen LogP contribution >= 0.6 is 0 Å². The monoisotopic (exact) mass is 240 g/mol. The standard InChI is InChI=1S/C6H7.C2H3O.2CO.Li.Mn/c1-6-4-2-3-5-6;1-2-3;2*1-2;;/h2-5H,1H3;1H3;;;;/q;-1;;;+1;. The third-order valence-electron chi connectivity index (χ3n) is 0.829. The van der Waals surface area contributed by atoms with Crippen LogP contribution in [0.4, 0.5) is 0 Å². The van der Waals surface area contributed by atoms with E-state index in [1.807, 2.05) is 12.2 Å². The van der Waals surface area contributed by atoms with E-state index in [9.17, 15) is 5.11 Å². The van der Waals surface area contributed by atoms with Gasteiger partial charge in [-0.15, -0.1) is 0 Å². The third kappa shape index (κ3) is 41.3. The average Bonchev–Trinajstić information content (AvgIpc) is 2.62. The largest absolute Gasteiger partial charge is 1.00 e. The van der Waals surface area contributed by atoms with Gasteiger partial charge < -0.3 is 0 Å². The number of rotatable bonds is 0. The minimum Gasteiger partial charge on any atom is 1.00 e. The zero-order valence-corrected chi connectivity index (χ0v) is 10.1. The van der Waals surface area contributed by atoms with E-state index in [2.05, 4.69) is 48.3 Å². The van der Waals surface area contributed by atoms with Crippen molar-refractivity contribution < 1.29 is 48.8 Å². The Hall–Kier alpha value is -0.0931. The summed E-state index contributed by atoms with van der Waals surface area (Å²) in [6.45, 7) is 12.5. The van der Waals surface area contributed by atoms with Gasteiger partial charge in [-0.3, -0.25) is 0 Å². The van der Waals surface area contributed by atoms with Gasteiger partial charge in [0.2, 0.25) is 0 Å². The molecule has 0 aromatic carbocycles. The fourth-order valence-corrected chi connectivity index (χ4v) is 0.470. The molecule has 76 valence electrons. The first-order chi connectivity index (χ1) is 6.63. The predicted octanol–water partition coefficient (Wildman–Crippen LogP) is -2.32. The maximum absolute atomic E-state index is 9.36. The Bertz CT molecular complexity index is 232. The van der Waals surface area contributed by atoms with Crippen molar-refractivity contribution >= 4 is 4.60 Å². The van der Waals surface area contributed by atoms with Gasteiger partial charge in [-0.2, -0.15) is 0 Å². The summed E-state index contributed by atoms with van der Waals surface area (Å²) in [5.41, 5.74) is 1.34. The smallest absolute Gasteiger partial charge is 1.00 e. The molecule has 5 heteroatoms. The van der Waals surface area contributed by atoms with Crippen LogP contribution in [0.2, 0.25) is 0 Å². The van der Waals surface area contributed by atoms with Crippen molar-refractivity contribution in [1.82, 2.24) is 0 Å². The van der Waals surface area contributed by atoms with E-state index in [1.54, 1.807) is 0 Å². The van der Waals surface area contributed by atoms with Crippen LogP contribution in [0, 0.1) is 19.7 Å². The Kier molecular flexibility index (Phi) is 38.1. The van der Waals surface area contributed by atoms with Crippen molar-refractivity contribution in [2.75, 3.05) is 0 Å². The number of hydrogen-bond donors (Lipinski definition) is 0. The maximum atomic E-state index is 9.36. The van der Waals surface area contributed by atoms with Gasteiger partial charge in [-0.1, -0.05) is 23.8 Å². The first-order valence-electron chi connectivity index (χ1n) is 3.38. The van der Waals surface area contributed by atoms with Crippen LogP contribution in [0.3, 0.4) is 0 Å². The van der Waals surface area contributed by atoms with Crippen molar-refractivity contribution in [2.24, 2.45) is 0 Å². The molecular formula is C10H10LiMnO3. The summed E-state index contributed by atoms with van der Waals surface area (Å²) in [4.78, 5) is 0. The minimum atomic E-state index is -0.0208. The molecule has 0 bridgehead atoms.